The fraction of sp³-hybridized carbons (Fsp3) is 0.647. The quantitative estimate of drug-likeness (QED) is 0.875. The third kappa shape index (κ3) is 3.86. The lowest BCUT2D eigenvalue weighted by Gasteiger charge is -2.30. The molecule has 1 aromatic carbocycles. The van der Waals surface area contributed by atoms with E-state index in [1.807, 2.05) is 44.2 Å². The first kappa shape index (κ1) is 16.5. The summed E-state index contributed by atoms with van der Waals surface area (Å²) in [4.78, 5) is 0. The molecule has 1 aliphatic carbocycles. The van der Waals surface area contributed by atoms with E-state index in [1.54, 1.807) is 0 Å². The predicted octanol–water partition coefficient (Wildman–Crippen LogP) is 3.47. The van der Waals surface area contributed by atoms with E-state index in [-0.39, 0.29) is 16.5 Å². The molecule has 2 unspecified atom stereocenters. The van der Waals surface area contributed by atoms with Crippen LogP contribution in [-0.4, -0.2) is 25.5 Å². The molecule has 0 spiro atoms. The molecular weight excluding hydrogens is 282 g/mol. The lowest BCUT2D eigenvalue weighted by atomic mass is 10.0. The maximum atomic E-state index is 12.9. The Hall–Kier alpha value is -0.870. The van der Waals surface area contributed by atoms with Crippen molar-refractivity contribution in [3.8, 4) is 0 Å². The molecule has 1 aromatic rings. The van der Waals surface area contributed by atoms with Crippen molar-refractivity contribution in [2.24, 2.45) is 0 Å². The van der Waals surface area contributed by atoms with E-state index in [2.05, 4.69) is 5.32 Å². The number of nitrogens with one attached hydrogen (secondary N) is 1. The molecule has 4 heteroatoms. The van der Waals surface area contributed by atoms with Crippen LogP contribution in [0.25, 0.3) is 0 Å². The van der Waals surface area contributed by atoms with Gasteiger partial charge in [0.25, 0.3) is 0 Å². The summed E-state index contributed by atoms with van der Waals surface area (Å²) >= 11 is 0. The van der Waals surface area contributed by atoms with Crippen LogP contribution in [-0.2, 0) is 9.84 Å². The Morgan fingerprint density at radius 2 is 1.76 bits per heavy atom. The summed E-state index contributed by atoms with van der Waals surface area (Å²) in [5, 5.41) is 2.83. The van der Waals surface area contributed by atoms with Gasteiger partial charge in [-0.05, 0) is 31.9 Å². The molecule has 1 N–H and O–H groups in total. The number of benzene rings is 1. The second-order valence-electron chi connectivity index (χ2n) is 6.00. The van der Waals surface area contributed by atoms with Crippen LogP contribution >= 0.6 is 0 Å². The highest BCUT2D eigenvalue weighted by Gasteiger charge is 2.36. The van der Waals surface area contributed by atoms with Crippen molar-refractivity contribution in [1.82, 2.24) is 5.32 Å². The highest BCUT2D eigenvalue weighted by Crippen LogP contribution is 2.31. The minimum atomic E-state index is -3.09. The number of rotatable bonds is 6. The van der Waals surface area contributed by atoms with E-state index in [1.165, 1.54) is 6.42 Å². The summed E-state index contributed by atoms with van der Waals surface area (Å²) in [6.45, 7) is 4.66. The zero-order valence-corrected chi connectivity index (χ0v) is 13.9. The first-order valence-electron chi connectivity index (χ1n) is 8.08. The van der Waals surface area contributed by atoms with Crippen LogP contribution in [0.2, 0.25) is 0 Å². The SMILES string of the molecule is CCNC(c1ccccc1)C(C)S(=O)(=O)C1CCCCC1. The van der Waals surface area contributed by atoms with Gasteiger partial charge in [0.05, 0.1) is 10.5 Å². The van der Waals surface area contributed by atoms with Gasteiger partial charge in [-0.25, -0.2) is 8.42 Å². The molecule has 0 heterocycles. The van der Waals surface area contributed by atoms with E-state index in [0.29, 0.717) is 0 Å². The zero-order chi connectivity index (χ0) is 15.3. The molecule has 21 heavy (non-hydrogen) atoms. The van der Waals surface area contributed by atoms with Crippen molar-refractivity contribution in [3.05, 3.63) is 35.9 Å². The van der Waals surface area contributed by atoms with Gasteiger partial charge in [0, 0.05) is 6.04 Å². The second kappa shape index (κ2) is 7.41. The summed E-state index contributed by atoms with van der Waals surface area (Å²) < 4.78 is 25.9. The van der Waals surface area contributed by atoms with Gasteiger partial charge in [-0.3, -0.25) is 0 Å². The smallest absolute Gasteiger partial charge is 0.157 e. The largest absolute Gasteiger partial charge is 0.309 e. The topological polar surface area (TPSA) is 46.2 Å². The Labute approximate surface area is 129 Å². The van der Waals surface area contributed by atoms with Crippen molar-refractivity contribution in [3.63, 3.8) is 0 Å². The highest BCUT2D eigenvalue weighted by atomic mass is 32.2. The van der Waals surface area contributed by atoms with Crippen LogP contribution in [0.1, 0.15) is 57.6 Å². The normalized spacial score (nSPS) is 20.1. The van der Waals surface area contributed by atoms with Gasteiger partial charge in [0.1, 0.15) is 0 Å². The molecule has 0 radical (unpaired) electrons. The number of hydrogen-bond acceptors (Lipinski definition) is 3. The van der Waals surface area contributed by atoms with Gasteiger partial charge in [0.15, 0.2) is 9.84 Å². The third-order valence-corrected chi connectivity index (χ3v) is 7.30. The summed E-state index contributed by atoms with van der Waals surface area (Å²) in [5.74, 6) is 0. The zero-order valence-electron chi connectivity index (χ0n) is 13.1. The molecule has 0 bridgehead atoms. The number of hydrogen-bond donors (Lipinski definition) is 1. The molecule has 0 aromatic heterocycles. The van der Waals surface area contributed by atoms with E-state index >= 15 is 0 Å². The molecule has 0 saturated heterocycles. The van der Waals surface area contributed by atoms with Crippen LogP contribution in [0.5, 0.6) is 0 Å². The van der Waals surface area contributed by atoms with Crippen LogP contribution < -0.4 is 5.32 Å². The summed E-state index contributed by atoms with van der Waals surface area (Å²) in [6.07, 6.45) is 4.94. The maximum Gasteiger partial charge on any atom is 0.157 e. The van der Waals surface area contributed by atoms with Crippen LogP contribution in [0.4, 0.5) is 0 Å². The average molecular weight is 309 g/mol. The van der Waals surface area contributed by atoms with Crippen molar-refractivity contribution >= 4 is 9.84 Å². The molecule has 0 amide bonds. The predicted molar refractivity (Wildman–Crippen MR) is 88.1 cm³/mol. The molecular formula is C17H27NO2S. The van der Waals surface area contributed by atoms with Gasteiger partial charge < -0.3 is 5.32 Å². The van der Waals surface area contributed by atoms with Crippen molar-refractivity contribution < 1.29 is 8.42 Å². The molecule has 1 aliphatic rings. The van der Waals surface area contributed by atoms with Crippen molar-refractivity contribution in [2.45, 2.75) is 62.5 Å². The van der Waals surface area contributed by atoms with Crippen LogP contribution in [0, 0.1) is 0 Å². The Morgan fingerprint density at radius 1 is 1.14 bits per heavy atom. The van der Waals surface area contributed by atoms with E-state index in [0.717, 1.165) is 37.8 Å². The first-order valence-corrected chi connectivity index (χ1v) is 9.69. The van der Waals surface area contributed by atoms with Gasteiger partial charge in [-0.1, -0.05) is 56.5 Å². The molecule has 2 rings (SSSR count). The molecule has 2 atom stereocenters. The van der Waals surface area contributed by atoms with E-state index in [9.17, 15) is 8.42 Å². The molecule has 1 saturated carbocycles. The Balaban J connectivity index is 2.23. The molecule has 3 nitrogen and oxygen atoms in total. The van der Waals surface area contributed by atoms with E-state index < -0.39 is 9.84 Å². The summed E-state index contributed by atoms with van der Waals surface area (Å²) in [6, 6.07) is 9.81. The Morgan fingerprint density at radius 3 is 2.33 bits per heavy atom. The molecule has 118 valence electrons. The monoisotopic (exact) mass is 309 g/mol. The second-order valence-corrected chi connectivity index (χ2v) is 8.59. The highest BCUT2D eigenvalue weighted by molar-refractivity contribution is 7.92. The average Bonchev–Trinajstić information content (AvgIpc) is 2.53. The molecule has 0 aliphatic heterocycles. The Bertz CT molecular complexity index is 521. The lowest BCUT2D eigenvalue weighted by molar-refractivity contribution is 0.461. The summed E-state index contributed by atoms with van der Waals surface area (Å²) in [5.41, 5.74) is 1.06. The van der Waals surface area contributed by atoms with Gasteiger partial charge in [-0.2, -0.15) is 0 Å². The van der Waals surface area contributed by atoms with Gasteiger partial charge in [-0.15, -0.1) is 0 Å². The maximum absolute atomic E-state index is 12.9. The minimum Gasteiger partial charge on any atom is -0.309 e. The fourth-order valence-corrected chi connectivity index (χ4v) is 5.55. The standard InChI is InChI=1S/C17H27NO2S/c1-3-18-17(15-10-6-4-7-11-15)14(2)21(19,20)16-12-8-5-9-13-16/h4,6-7,10-11,14,16-18H,3,5,8-9,12-13H2,1-2H3. The van der Waals surface area contributed by atoms with Gasteiger partial charge in [0.2, 0.25) is 0 Å². The fourth-order valence-electron chi connectivity index (χ4n) is 3.32. The van der Waals surface area contributed by atoms with Crippen molar-refractivity contribution in [1.29, 1.82) is 0 Å². The molecule has 1 fully saturated rings. The first-order chi connectivity index (χ1) is 10.1. The summed E-state index contributed by atoms with van der Waals surface area (Å²) in [7, 11) is -3.09. The minimum absolute atomic E-state index is 0.122. The third-order valence-electron chi connectivity index (χ3n) is 4.59. The van der Waals surface area contributed by atoms with Crippen LogP contribution in [0.15, 0.2) is 30.3 Å². The number of sulfone groups is 1. The van der Waals surface area contributed by atoms with Crippen LogP contribution in [0.3, 0.4) is 0 Å². The Kier molecular flexibility index (Phi) is 5.82. The lowest BCUT2D eigenvalue weighted by Crippen LogP contribution is -2.40. The van der Waals surface area contributed by atoms with Crippen molar-refractivity contribution in [2.75, 3.05) is 6.54 Å². The van der Waals surface area contributed by atoms with Gasteiger partial charge >= 0.3 is 0 Å². The van der Waals surface area contributed by atoms with E-state index in [4.69, 9.17) is 0 Å².